The Labute approximate surface area is 173 Å². The van der Waals surface area contributed by atoms with Crippen LogP contribution >= 0.6 is 24.8 Å². The zero-order valence-corrected chi connectivity index (χ0v) is 18.0. The Kier molecular flexibility index (Phi) is 10.2. The van der Waals surface area contributed by atoms with Crippen LogP contribution in [0.1, 0.15) is 45.7 Å². The summed E-state index contributed by atoms with van der Waals surface area (Å²) in [6, 6.07) is 3.10. The van der Waals surface area contributed by atoms with Gasteiger partial charge in [0.15, 0.2) is 0 Å². The number of benzene rings is 1. The molecule has 0 spiro atoms. The highest BCUT2D eigenvalue weighted by atomic mass is 35.5. The lowest BCUT2D eigenvalue weighted by Crippen LogP contribution is -2.56. The van der Waals surface area contributed by atoms with Gasteiger partial charge in [-0.05, 0) is 17.9 Å². The summed E-state index contributed by atoms with van der Waals surface area (Å²) in [4.78, 5) is 16.5. The van der Waals surface area contributed by atoms with Crippen LogP contribution in [0.3, 0.4) is 0 Å². The van der Waals surface area contributed by atoms with Gasteiger partial charge in [-0.15, -0.1) is 24.8 Å². The monoisotopic (exact) mass is 425 g/mol. The first-order valence-electron chi connectivity index (χ1n) is 8.88. The van der Waals surface area contributed by atoms with Crippen LogP contribution in [0.2, 0.25) is 0 Å². The molecule has 2 N–H and O–H groups in total. The number of rotatable bonds is 4. The Balaban J connectivity index is 0.00000338. The molecule has 0 aromatic heterocycles. The molecule has 1 heterocycles. The summed E-state index contributed by atoms with van der Waals surface area (Å²) in [6.07, 6.45) is 0.720. The number of hydrogen-bond donors (Lipinski definition) is 1. The van der Waals surface area contributed by atoms with Gasteiger partial charge in [0.1, 0.15) is 11.6 Å². The van der Waals surface area contributed by atoms with Crippen molar-refractivity contribution in [2.24, 2.45) is 11.1 Å². The minimum Gasteiger partial charge on any atom is -0.339 e. The second-order valence-electron chi connectivity index (χ2n) is 7.79. The number of nitrogens with zero attached hydrogens (tertiary/aromatic N) is 2. The summed E-state index contributed by atoms with van der Waals surface area (Å²) in [6.45, 7) is 10.3. The number of carbonyl (C=O) groups excluding carboxylic acids is 1. The molecule has 0 radical (unpaired) electrons. The second-order valence-corrected chi connectivity index (χ2v) is 7.79. The summed E-state index contributed by atoms with van der Waals surface area (Å²) in [7, 11) is 0. The number of piperazine rings is 1. The third-order valence-corrected chi connectivity index (χ3v) is 4.97. The standard InChI is InChI=1S/C19H29F2N3O.2ClH/c1-5-16(14-7-6-13(20)12-15(14)21)23-8-10-24(11-9-23)18(25)17(22)19(2,3)4;;/h6-7,12,16-17H,5,8-11,22H2,1-4H3;2*1H/t16?,17-;;/m1../s1. The lowest BCUT2D eigenvalue weighted by Gasteiger charge is -2.41. The number of halogens is 4. The molecule has 27 heavy (non-hydrogen) atoms. The van der Waals surface area contributed by atoms with E-state index in [1.807, 2.05) is 27.7 Å². The first-order chi connectivity index (χ1) is 11.6. The lowest BCUT2D eigenvalue weighted by atomic mass is 9.86. The van der Waals surface area contributed by atoms with Crippen LogP contribution < -0.4 is 5.73 Å². The van der Waals surface area contributed by atoms with E-state index in [1.54, 1.807) is 4.90 Å². The van der Waals surface area contributed by atoms with Crippen molar-refractivity contribution in [2.45, 2.75) is 46.2 Å². The maximum atomic E-state index is 14.1. The zero-order valence-electron chi connectivity index (χ0n) is 16.4. The minimum absolute atomic E-state index is 0. The molecular weight excluding hydrogens is 395 g/mol. The van der Waals surface area contributed by atoms with Crippen molar-refractivity contribution in [3.63, 3.8) is 0 Å². The van der Waals surface area contributed by atoms with Crippen LogP contribution in [0.25, 0.3) is 0 Å². The Hall–Kier alpha value is -0.950. The van der Waals surface area contributed by atoms with E-state index < -0.39 is 17.7 Å². The Morgan fingerprint density at radius 1 is 1.15 bits per heavy atom. The Morgan fingerprint density at radius 3 is 2.15 bits per heavy atom. The maximum Gasteiger partial charge on any atom is 0.240 e. The molecule has 2 rings (SSSR count). The summed E-state index contributed by atoms with van der Waals surface area (Å²) in [5, 5.41) is 0. The molecule has 1 saturated heterocycles. The number of nitrogens with two attached hydrogens (primary N) is 1. The maximum absolute atomic E-state index is 14.1. The molecule has 1 unspecified atom stereocenters. The van der Waals surface area contributed by atoms with E-state index in [-0.39, 0.29) is 42.2 Å². The predicted octanol–water partition coefficient (Wildman–Crippen LogP) is 3.78. The van der Waals surface area contributed by atoms with E-state index in [0.29, 0.717) is 31.7 Å². The van der Waals surface area contributed by atoms with Gasteiger partial charge in [-0.2, -0.15) is 0 Å². The largest absolute Gasteiger partial charge is 0.339 e. The van der Waals surface area contributed by atoms with Gasteiger partial charge in [0.25, 0.3) is 0 Å². The molecule has 1 aliphatic rings. The number of amides is 1. The summed E-state index contributed by atoms with van der Waals surface area (Å²) in [5.74, 6) is -1.11. The molecule has 2 atom stereocenters. The minimum atomic E-state index is -0.567. The summed E-state index contributed by atoms with van der Waals surface area (Å²) >= 11 is 0. The second kappa shape index (κ2) is 10.6. The molecule has 0 bridgehead atoms. The molecule has 1 aromatic carbocycles. The van der Waals surface area contributed by atoms with Crippen molar-refractivity contribution in [1.82, 2.24) is 9.80 Å². The topological polar surface area (TPSA) is 49.6 Å². The Bertz CT molecular complexity index is 617. The normalized spacial score (nSPS) is 17.5. The van der Waals surface area contributed by atoms with Crippen LogP contribution in [0.4, 0.5) is 8.78 Å². The van der Waals surface area contributed by atoms with Gasteiger partial charge < -0.3 is 10.6 Å². The highest BCUT2D eigenvalue weighted by molar-refractivity contribution is 5.85. The molecule has 1 fully saturated rings. The molecule has 4 nitrogen and oxygen atoms in total. The third-order valence-electron chi connectivity index (χ3n) is 4.97. The quantitative estimate of drug-likeness (QED) is 0.798. The van der Waals surface area contributed by atoms with E-state index >= 15 is 0 Å². The van der Waals surface area contributed by atoms with E-state index in [4.69, 9.17) is 5.73 Å². The smallest absolute Gasteiger partial charge is 0.240 e. The van der Waals surface area contributed by atoms with E-state index in [2.05, 4.69) is 4.90 Å². The fourth-order valence-corrected chi connectivity index (χ4v) is 3.27. The average molecular weight is 426 g/mol. The van der Waals surface area contributed by atoms with Gasteiger partial charge in [-0.3, -0.25) is 9.69 Å². The van der Waals surface area contributed by atoms with E-state index in [0.717, 1.165) is 12.5 Å². The van der Waals surface area contributed by atoms with E-state index in [9.17, 15) is 13.6 Å². The van der Waals surface area contributed by atoms with Gasteiger partial charge in [-0.25, -0.2) is 8.78 Å². The van der Waals surface area contributed by atoms with Crippen LogP contribution in [-0.4, -0.2) is 47.9 Å². The average Bonchev–Trinajstić information content (AvgIpc) is 2.56. The van der Waals surface area contributed by atoms with Gasteiger partial charge in [0.05, 0.1) is 6.04 Å². The van der Waals surface area contributed by atoms with Crippen LogP contribution in [0.15, 0.2) is 18.2 Å². The highest BCUT2D eigenvalue weighted by Gasteiger charge is 2.34. The Morgan fingerprint density at radius 2 is 1.70 bits per heavy atom. The van der Waals surface area contributed by atoms with Crippen LogP contribution in [-0.2, 0) is 4.79 Å². The fraction of sp³-hybridized carbons (Fsp3) is 0.632. The molecule has 1 aromatic rings. The highest BCUT2D eigenvalue weighted by Crippen LogP contribution is 2.28. The zero-order chi connectivity index (χ0) is 18.8. The lowest BCUT2D eigenvalue weighted by molar-refractivity contribution is -0.137. The van der Waals surface area contributed by atoms with Crippen molar-refractivity contribution in [3.8, 4) is 0 Å². The molecule has 1 aliphatic heterocycles. The first-order valence-corrected chi connectivity index (χ1v) is 8.88. The van der Waals surface area contributed by atoms with Crippen molar-refractivity contribution in [3.05, 3.63) is 35.4 Å². The molecule has 0 aliphatic carbocycles. The van der Waals surface area contributed by atoms with Crippen molar-refractivity contribution in [2.75, 3.05) is 26.2 Å². The predicted molar refractivity (Wildman–Crippen MR) is 109 cm³/mol. The van der Waals surface area contributed by atoms with Crippen molar-refractivity contribution < 1.29 is 13.6 Å². The van der Waals surface area contributed by atoms with Crippen LogP contribution in [0.5, 0.6) is 0 Å². The molecule has 1 amide bonds. The van der Waals surface area contributed by atoms with Gasteiger partial charge in [0.2, 0.25) is 5.91 Å². The SMILES string of the molecule is CCC(c1ccc(F)cc1F)N1CCN(C(=O)[C@@H](N)C(C)(C)C)CC1.Cl.Cl. The van der Waals surface area contributed by atoms with Gasteiger partial charge in [0, 0.05) is 43.9 Å². The molecule has 156 valence electrons. The van der Waals surface area contributed by atoms with E-state index in [1.165, 1.54) is 12.1 Å². The molecule has 8 heteroatoms. The first kappa shape index (κ1) is 26.1. The van der Waals surface area contributed by atoms with Gasteiger partial charge in [-0.1, -0.05) is 33.8 Å². The number of hydrogen-bond acceptors (Lipinski definition) is 3. The molecular formula is C19H31Cl2F2N3O. The van der Waals surface area contributed by atoms with Crippen molar-refractivity contribution >= 4 is 30.7 Å². The fourth-order valence-electron chi connectivity index (χ4n) is 3.27. The third kappa shape index (κ3) is 6.28. The van der Waals surface area contributed by atoms with Crippen molar-refractivity contribution in [1.29, 1.82) is 0 Å². The van der Waals surface area contributed by atoms with Gasteiger partial charge >= 0.3 is 0 Å². The summed E-state index contributed by atoms with van der Waals surface area (Å²) < 4.78 is 27.3. The number of carbonyl (C=O) groups is 1. The summed E-state index contributed by atoms with van der Waals surface area (Å²) in [5.41, 5.74) is 6.31. The molecule has 0 saturated carbocycles. The van der Waals surface area contributed by atoms with Crippen LogP contribution in [0, 0.1) is 17.0 Å².